The van der Waals surface area contributed by atoms with Crippen LogP contribution in [-0.2, 0) is 10.0 Å². The first kappa shape index (κ1) is 16.4. The van der Waals surface area contributed by atoms with Gasteiger partial charge in [-0.15, -0.1) is 11.3 Å². The molecule has 2 rings (SSSR count). The molecule has 1 aliphatic rings. The summed E-state index contributed by atoms with van der Waals surface area (Å²) in [6.45, 7) is 3.42. The van der Waals surface area contributed by atoms with E-state index in [2.05, 4.69) is 21.2 Å². The normalized spacial score (nSPS) is 21.2. The standard InChI is InChI=1S/C13H21BrN2O2S2/c1-10-9-12(19-13(10)14)20(17,18)16-8-4-3-5-11(16)6-7-15-2/h9,11,15H,3-8H2,1-2H3. The van der Waals surface area contributed by atoms with Crippen LogP contribution < -0.4 is 5.32 Å². The van der Waals surface area contributed by atoms with E-state index in [1.54, 1.807) is 10.4 Å². The van der Waals surface area contributed by atoms with Crippen LogP contribution in [0.2, 0.25) is 0 Å². The smallest absolute Gasteiger partial charge is 0.252 e. The van der Waals surface area contributed by atoms with Gasteiger partial charge in [0.05, 0.1) is 3.79 Å². The van der Waals surface area contributed by atoms with Gasteiger partial charge in [0.1, 0.15) is 4.21 Å². The maximum atomic E-state index is 12.8. The largest absolute Gasteiger partial charge is 0.320 e. The molecular formula is C13H21BrN2O2S2. The zero-order valence-corrected chi connectivity index (χ0v) is 15.1. The molecule has 0 spiro atoms. The Hall–Kier alpha value is 0.0500. The van der Waals surface area contributed by atoms with Crippen molar-refractivity contribution in [1.82, 2.24) is 9.62 Å². The summed E-state index contributed by atoms with van der Waals surface area (Å²) in [4.78, 5) is 0. The van der Waals surface area contributed by atoms with E-state index < -0.39 is 10.0 Å². The Morgan fingerprint density at radius 1 is 1.50 bits per heavy atom. The summed E-state index contributed by atoms with van der Waals surface area (Å²) in [6, 6.07) is 1.90. The average molecular weight is 381 g/mol. The molecule has 1 aromatic heterocycles. The molecule has 1 aliphatic heterocycles. The summed E-state index contributed by atoms with van der Waals surface area (Å²) in [5.41, 5.74) is 0.984. The van der Waals surface area contributed by atoms with E-state index in [4.69, 9.17) is 0 Å². The van der Waals surface area contributed by atoms with E-state index in [1.165, 1.54) is 11.3 Å². The summed E-state index contributed by atoms with van der Waals surface area (Å²) in [6.07, 6.45) is 3.92. The lowest BCUT2D eigenvalue weighted by atomic mass is 10.0. The van der Waals surface area contributed by atoms with Crippen molar-refractivity contribution in [2.45, 2.75) is 42.9 Å². The molecule has 0 radical (unpaired) electrons. The predicted octanol–water partition coefficient (Wildman–Crippen LogP) is 2.97. The van der Waals surface area contributed by atoms with Gasteiger partial charge in [-0.25, -0.2) is 8.42 Å². The minimum Gasteiger partial charge on any atom is -0.320 e. The lowest BCUT2D eigenvalue weighted by Crippen LogP contribution is -2.44. The van der Waals surface area contributed by atoms with Gasteiger partial charge in [-0.2, -0.15) is 4.31 Å². The van der Waals surface area contributed by atoms with Crippen LogP contribution in [0.5, 0.6) is 0 Å². The Morgan fingerprint density at radius 2 is 2.25 bits per heavy atom. The molecule has 114 valence electrons. The number of piperidine rings is 1. The molecule has 4 nitrogen and oxygen atoms in total. The van der Waals surface area contributed by atoms with E-state index in [0.29, 0.717) is 10.8 Å². The summed E-state index contributed by atoms with van der Waals surface area (Å²) < 4.78 is 28.7. The van der Waals surface area contributed by atoms with Crippen LogP contribution in [0.4, 0.5) is 0 Å². The number of nitrogens with zero attached hydrogens (tertiary/aromatic N) is 1. The molecule has 0 saturated carbocycles. The Kier molecular flexibility index (Phi) is 5.64. The van der Waals surface area contributed by atoms with Crippen molar-refractivity contribution < 1.29 is 8.42 Å². The molecule has 0 amide bonds. The number of thiophene rings is 1. The first-order valence-electron chi connectivity index (χ1n) is 6.89. The van der Waals surface area contributed by atoms with Crippen LogP contribution in [-0.4, -0.2) is 38.9 Å². The summed E-state index contributed by atoms with van der Waals surface area (Å²) in [5.74, 6) is 0. The van der Waals surface area contributed by atoms with Gasteiger partial charge in [-0.1, -0.05) is 6.42 Å². The van der Waals surface area contributed by atoms with Gasteiger partial charge in [-0.05, 0) is 67.3 Å². The SMILES string of the molecule is CNCCC1CCCCN1S(=O)(=O)c1cc(C)c(Br)s1. The van der Waals surface area contributed by atoms with Gasteiger partial charge in [0.2, 0.25) is 0 Å². The van der Waals surface area contributed by atoms with Crippen molar-refractivity contribution >= 4 is 37.3 Å². The van der Waals surface area contributed by atoms with Crippen LogP contribution in [0.15, 0.2) is 14.1 Å². The molecule has 0 aliphatic carbocycles. The zero-order chi connectivity index (χ0) is 14.8. The highest BCUT2D eigenvalue weighted by atomic mass is 79.9. The van der Waals surface area contributed by atoms with Gasteiger partial charge < -0.3 is 5.32 Å². The van der Waals surface area contributed by atoms with E-state index in [-0.39, 0.29) is 6.04 Å². The Balaban J connectivity index is 2.25. The first-order chi connectivity index (χ1) is 9.46. The zero-order valence-electron chi connectivity index (χ0n) is 11.9. The fourth-order valence-electron chi connectivity index (χ4n) is 2.56. The number of hydrogen-bond donors (Lipinski definition) is 1. The number of hydrogen-bond acceptors (Lipinski definition) is 4. The molecule has 0 bridgehead atoms. The monoisotopic (exact) mass is 380 g/mol. The number of sulfonamides is 1. The third-order valence-electron chi connectivity index (χ3n) is 3.70. The van der Waals surface area contributed by atoms with Crippen LogP contribution in [0.25, 0.3) is 0 Å². The van der Waals surface area contributed by atoms with Crippen molar-refractivity contribution in [2.24, 2.45) is 0 Å². The predicted molar refractivity (Wildman–Crippen MR) is 86.8 cm³/mol. The van der Waals surface area contributed by atoms with Crippen molar-refractivity contribution in [2.75, 3.05) is 20.1 Å². The lowest BCUT2D eigenvalue weighted by Gasteiger charge is -2.34. The second-order valence-corrected chi connectivity index (χ2v) is 9.67. The fraction of sp³-hybridized carbons (Fsp3) is 0.692. The number of nitrogens with one attached hydrogen (secondary N) is 1. The van der Waals surface area contributed by atoms with Crippen molar-refractivity contribution in [3.8, 4) is 0 Å². The molecule has 1 atom stereocenters. The Morgan fingerprint density at radius 3 is 2.85 bits per heavy atom. The molecule has 1 fully saturated rings. The third-order valence-corrected chi connectivity index (χ3v) is 8.24. The minimum atomic E-state index is -3.35. The Bertz CT molecular complexity index is 537. The fourth-order valence-corrected chi connectivity index (χ4v) is 6.64. The van der Waals surface area contributed by atoms with Crippen molar-refractivity contribution in [3.63, 3.8) is 0 Å². The summed E-state index contributed by atoms with van der Waals surface area (Å²) in [5, 5.41) is 3.11. The molecule has 20 heavy (non-hydrogen) atoms. The van der Waals surface area contributed by atoms with Crippen molar-refractivity contribution in [3.05, 3.63) is 15.4 Å². The maximum Gasteiger partial charge on any atom is 0.252 e. The minimum absolute atomic E-state index is 0.127. The van der Waals surface area contributed by atoms with E-state index in [9.17, 15) is 8.42 Å². The van der Waals surface area contributed by atoms with Crippen LogP contribution in [0.1, 0.15) is 31.2 Å². The topological polar surface area (TPSA) is 49.4 Å². The molecule has 1 saturated heterocycles. The van der Waals surface area contributed by atoms with Gasteiger partial charge >= 0.3 is 0 Å². The van der Waals surface area contributed by atoms with Crippen molar-refractivity contribution in [1.29, 1.82) is 0 Å². The molecule has 0 aromatic carbocycles. The van der Waals surface area contributed by atoms with E-state index in [0.717, 1.165) is 41.6 Å². The molecular weight excluding hydrogens is 360 g/mol. The van der Waals surface area contributed by atoms with Crippen LogP contribution in [0.3, 0.4) is 0 Å². The summed E-state index contributed by atoms with van der Waals surface area (Å²) >= 11 is 4.73. The van der Waals surface area contributed by atoms with Gasteiger partial charge in [0.15, 0.2) is 0 Å². The molecule has 1 aromatic rings. The van der Waals surface area contributed by atoms with E-state index >= 15 is 0 Å². The molecule has 2 heterocycles. The second-order valence-electron chi connectivity index (χ2n) is 5.18. The number of halogens is 1. The van der Waals surface area contributed by atoms with Crippen LogP contribution >= 0.6 is 27.3 Å². The molecule has 1 unspecified atom stereocenters. The highest BCUT2D eigenvalue weighted by Crippen LogP contribution is 2.35. The second kappa shape index (κ2) is 6.87. The van der Waals surface area contributed by atoms with Crippen LogP contribution in [0, 0.1) is 6.92 Å². The maximum absolute atomic E-state index is 12.8. The van der Waals surface area contributed by atoms with Gasteiger partial charge in [0.25, 0.3) is 10.0 Å². The number of aryl methyl sites for hydroxylation is 1. The first-order valence-corrected chi connectivity index (χ1v) is 9.94. The molecule has 1 N–H and O–H groups in total. The average Bonchev–Trinajstić information content (AvgIpc) is 2.77. The summed E-state index contributed by atoms with van der Waals surface area (Å²) in [7, 11) is -1.45. The lowest BCUT2D eigenvalue weighted by molar-refractivity contribution is 0.241. The number of rotatable bonds is 5. The van der Waals surface area contributed by atoms with Gasteiger partial charge in [-0.3, -0.25) is 0 Å². The highest BCUT2D eigenvalue weighted by Gasteiger charge is 2.34. The third kappa shape index (κ3) is 3.44. The van der Waals surface area contributed by atoms with Gasteiger partial charge in [0, 0.05) is 12.6 Å². The quantitative estimate of drug-likeness (QED) is 0.853. The Labute approximate surface area is 133 Å². The van der Waals surface area contributed by atoms with E-state index in [1.807, 2.05) is 14.0 Å². The molecule has 7 heteroatoms. The highest BCUT2D eigenvalue weighted by molar-refractivity contribution is 9.11.